The highest BCUT2D eigenvalue weighted by molar-refractivity contribution is 5.87. The van der Waals surface area contributed by atoms with Gasteiger partial charge in [-0.05, 0) is 63.3 Å². The Bertz CT molecular complexity index is 476. The van der Waals surface area contributed by atoms with Crippen molar-refractivity contribution in [3.63, 3.8) is 0 Å². The molecule has 0 saturated carbocycles. The van der Waals surface area contributed by atoms with Gasteiger partial charge in [0.05, 0.1) is 0 Å². The minimum atomic E-state index is -0.407. The van der Waals surface area contributed by atoms with E-state index >= 15 is 0 Å². The van der Waals surface area contributed by atoms with E-state index in [2.05, 4.69) is 44.3 Å². The van der Waals surface area contributed by atoms with Gasteiger partial charge in [0.1, 0.15) is 5.78 Å². The molecular formula is C19H31NO. The summed E-state index contributed by atoms with van der Waals surface area (Å²) >= 11 is 0. The van der Waals surface area contributed by atoms with E-state index in [9.17, 15) is 4.79 Å². The summed E-state index contributed by atoms with van der Waals surface area (Å²) in [4.78, 5) is 11.9. The fraction of sp³-hybridized carbons (Fsp3) is 0.632. The van der Waals surface area contributed by atoms with Crippen LogP contribution in [0.15, 0.2) is 18.2 Å². The second-order valence-electron chi connectivity index (χ2n) is 6.86. The molecule has 2 nitrogen and oxygen atoms in total. The summed E-state index contributed by atoms with van der Waals surface area (Å²) < 4.78 is 0. The maximum atomic E-state index is 11.9. The average Bonchev–Trinajstić information content (AvgIpc) is 2.40. The smallest absolute Gasteiger partial charge is 0.139 e. The number of benzene rings is 1. The molecule has 1 rings (SSSR count). The van der Waals surface area contributed by atoms with Gasteiger partial charge in [0, 0.05) is 12.0 Å². The van der Waals surface area contributed by atoms with Crippen LogP contribution in [0.3, 0.4) is 0 Å². The standard InChI is InChI=1S/C19H31NO/c1-7-8-14(2)12-20-13-17-10-9-15(3)18(11-17)19(5,6)16(4)21/h9-11,14,20H,7-8,12-13H2,1-6H3. The fourth-order valence-corrected chi connectivity index (χ4v) is 2.70. The molecule has 0 aliphatic carbocycles. The van der Waals surface area contributed by atoms with Crippen molar-refractivity contribution in [2.75, 3.05) is 6.54 Å². The van der Waals surface area contributed by atoms with Gasteiger partial charge in [0.15, 0.2) is 0 Å². The molecule has 2 heteroatoms. The zero-order chi connectivity index (χ0) is 16.0. The van der Waals surface area contributed by atoms with Gasteiger partial charge in [-0.1, -0.05) is 38.5 Å². The van der Waals surface area contributed by atoms with Crippen molar-refractivity contribution in [2.24, 2.45) is 5.92 Å². The van der Waals surface area contributed by atoms with Crippen LogP contribution in [0.1, 0.15) is 64.2 Å². The van der Waals surface area contributed by atoms with Gasteiger partial charge < -0.3 is 5.32 Å². The summed E-state index contributed by atoms with van der Waals surface area (Å²) in [7, 11) is 0. The van der Waals surface area contributed by atoms with E-state index < -0.39 is 5.41 Å². The van der Waals surface area contributed by atoms with Crippen molar-refractivity contribution in [1.29, 1.82) is 0 Å². The monoisotopic (exact) mass is 289 g/mol. The molecule has 0 saturated heterocycles. The third-order valence-corrected chi connectivity index (χ3v) is 4.46. The summed E-state index contributed by atoms with van der Waals surface area (Å²) in [6.07, 6.45) is 2.51. The Morgan fingerprint density at radius 1 is 1.33 bits per heavy atom. The summed E-state index contributed by atoms with van der Waals surface area (Å²) in [6.45, 7) is 14.2. The van der Waals surface area contributed by atoms with Crippen molar-refractivity contribution >= 4 is 5.78 Å². The van der Waals surface area contributed by atoms with E-state index in [1.807, 2.05) is 13.8 Å². The van der Waals surface area contributed by atoms with Crippen LogP contribution < -0.4 is 5.32 Å². The third kappa shape index (κ3) is 4.96. The Balaban J connectivity index is 2.76. The second-order valence-corrected chi connectivity index (χ2v) is 6.86. The number of hydrogen-bond donors (Lipinski definition) is 1. The van der Waals surface area contributed by atoms with Crippen LogP contribution in [0, 0.1) is 12.8 Å². The van der Waals surface area contributed by atoms with Crippen molar-refractivity contribution in [3.8, 4) is 0 Å². The summed E-state index contributed by atoms with van der Waals surface area (Å²) in [5.74, 6) is 0.931. The topological polar surface area (TPSA) is 29.1 Å². The number of Topliss-reactive ketones (excluding diaryl/α,β-unsaturated/α-hetero) is 1. The molecule has 0 aliphatic rings. The van der Waals surface area contributed by atoms with Gasteiger partial charge in [-0.2, -0.15) is 0 Å². The molecule has 118 valence electrons. The highest BCUT2D eigenvalue weighted by atomic mass is 16.1. The van der Waals surface area contributed by atoms with E-state index in [-0.39, 0.29) is 5.78 Å². The number of aryl methyl sites for hydroxylation is 1. The first-order chi connectivity index (χ1) is 9.78. The van der Waals surface area contributed by atoms with Crippen molar-refractivity contribution in [2.45, 2.75) is 66.3 Å². The Morgan fingerprint density at radius 3 is 2.57 bits per heavy atom. The highest BCUT2D eigenvalue weighted by Gasteiger charge is 2.27. The fourth-order valence-electron chi connectivity index (χ4n) is 2.70. The Labute approximate surface area is 130 Å². The molecule has 1 atom stereocenters. The van der Waals surface area contributed by atoms with Crippen LogP contribution in [0.25, 0.3) is 0 Å². The lowest BCUT2D eigenvalue weighted by molar-refractivity contribution is -0.121. The zero-order valence-electron chi connectivity index (χ0n) is 14.5. The van der Waals surface area contributed by atoms with E-state index in [0.29, 0.717) is 5.92 Å². The van der Waals surface area contributed by atoms with E-state index in [0.717, 1.165) is 18.7 Å². The number of ketones is 1. The van der Waals surface area contributed by atoms with E-state index in [1.165, 1.54) is 24.0 Å². The maximum Gasteiger partial charge on any atom is 0.139 e. The van der Waals surface area contributed by atoms with Gasteiger partial charge in [-0.15, -0.1) is 0 Å². The molecule has 1 N–H and O–H groups in total. The SMILES string of the molecule is CCCC(C)CNCc1ccc(C)c(C(C)(C)C(C)=O)c1. The molecule has 0 aromatic heterocycles. The van der Waals surface area contributed by atoms with E-state index in [1.54, 1.807) is 6.92 Å². The van der Waals surface area contributed by atoms with Gasteiger partial charge in [-0.3, -0.25) is 4.79 Å². The van der Waals surface area contributed by atoms with Crippen molar-refractivity contribution < 1.29 is 4.79 Å². The Hall–Kier alpha value is -1.15. The zero-order valence-corrected chi connectivity index (χ0v) is 14.5. The van der Waals surface area contributed by atoms with Gasteiger partial charge in [0.2, 0.25) is 0 Å². The predicted octanol–water partition coefficient (Wildman–Crippen LogP) is 4.39. The minimum absolute atomic E-state index is 0.215. The molecule has 1 aromatic carbocycles. The third-order valence-electron chi connectivity index (χ3n) is 4.46. The summed E-state index contributed by atoms with van der Waals surface area (Å²) in [5, 5.41) is 3.53. The lowest BCUT2D eigenvalue weighted by Crippen LogP contribution is -2.28. The van der Waals surface area contributed by atoms with Gasteiger partial charge in [-0.25, -0.2) is 0 Å². The predicted molar refractivity (Wildman–Crippen MR) is 90.7 cm³/mol. The molecule has 0 spiro atoms. The first-order valence-electron chi connectivity index (χ1n) is 8.10. The molecule has 0 aliphatic heterocycles. The molecule has 0 radical (unpaired) electrons. The number of rotatable bonds is 8. The average molecular weight is 289 g/mol. The summed E-state index contributed by atoms with van der Waals surface area (Å²) in [6, 6.07) is 6.48. The molecule has 21 heavy (non-hydrogen) atoms. The second kappa shape index (κ2) is 7.74. The van der Waals surface area contributed by atoms with E-state index in [4.69, 9.17) is 0 Å². The maximum absolute atomic E-state index is 11.9. The van der Waals surface area contributed by atoms with Gasteiger partial charge >= 0.3 is 0 Å². The molecule has 0 fully saturated rings. The number of carbonyl (C=O) groups is 1. The van der Waals surface area contributed by atoms with Crippen LogP contribution in [0.2, 0.25) is 0 Å². The molecule has 0 heterocycles. The van der Waals surface area contributed by atoms with Crippen molar-refractivity contribution in [1.82, 2.24) is 5.32 Å². The van der Waals surface area contributed by atoms with Crippen LogP contribution in [0.4, 0.5) is 0 Å². The van der Waals surface area contributed by atoms with Crippen LogP contribution in [0.5, 0.6) is 0 Å². The molecular weight excluding hydrogens is 258 g/mol. The summed E-state index contributed by atoms with van der Waals surface area (Å²) in [5.41, 5.74) is 3.19. The first-order valence-corrected chi connectivity index (χ1v) is 8.10. The molecule has 1 unspecified atom stereocenters. The van der Waals surface area contributed by atoms with Crippen LogP contribution in [-0.4, -0.2) is 12.3 Å². The lowest BCUT2D eigenvalue weighted by Gasteiger charge is -2.25. The quantitative estimate of drug-likeness (QED) is 0.769. The Kier molecular flexibility index (Phi) is 6.60. The Morgan fingerprint density at radius 2 is 2.00 bits per heavy atom. The minimum Gasteiger partial charge on any atom is -0.312 e. The molecule has 1 aromatic rings. The highest BCUT2D eigenvalue weighted by Crippen LogP contribution is 2.28. The lowest BCUT2D eigenvalue weighted by atomic mass is 9.78. The number of hydrogen-bond acceptors (Lipinski definition) is 2. The molecule has 0 amide bonds. The van der Waals surface area contributed by atoms with Crippen molar-refractivity contribution in [3.05, 3.63) is 34.9 Å². The molecule has 0 bridgehead atoms. The normalized spacial score (nSPS) is 13.2. The number of carbonyl (C=O) groups excluding carboxylic acids is 1. The first kappa shape index (κ1) is 17.9. The van der Waals surface area contributed by atoms with Gasteiger partial charge in [0.25, 0.3) is 0 Å². The largest absolute Gasteiger partial charge is 0.312 e. The van der Waals surface area contributed by atoms with Crippen LogP contribution >= 0.6 is 0 Å². The van der Waals surface area contributed by atoms with Crippen LogP contribution in [-0.2, 0) is 16.8 Å². The number of nitrogens with one attached hydrogen (secondary N) is 1.